The van der Waals surface area contributed by atoms with Crippen molar-refractivity contribution in [2.24, 2.45) is 0 Å². The lowest BCUT2D eigenvalue weighted by Crippen LogP contribution is -2.30. The Balaban J connectivity index is 1.29. The summed E-state index contributed by atoms with van der Waals surface area (Å²) in [6.45, 7) is 2.77. The molecule has 0 spiro atoms. The van der Waals surface area contributed by atoms with Crippen LogP contribution < -0.4 is 0 Å². The minimum absolute atomic E-state index is 0.199. The average Bonchev–Trinajstić information content (AvgIpc) is 3.23. The third-order valence-corrected chi connectivity index (χ3v) is 6.33. The first kappa shape index (κ1) is 18.2. The minimum Gasteiger partial charge on any atom is -0.293 e. The van der Waals surface area contributed by atoms with Crippen LogP contribution in [0.25, 0.3) is 21.8 Å². The fourth-order valence-electron chi connectivity index (χ4n) is 3.69. The SMILES string of the molecule is Fc1ccc(-c2ccc(CN3CCc4nc(-c5ccccc5)ncc4C3)s2)cc1. The number of fused-ring (bicyclic) bond motifs is 1. The Morgan fingerprint density at radius 2 is 1.76 bits per heavy atom. The fourth-order valence-corrected chi connectivity index (χ4v) is 4.74. The van der Waals surface area contributed by atoms with Crippen molar-refractivity contribution >= 4 is 11.3 Å². The van der Waals surface area contributed by atoms with Gasteiger partial charge in [-0.15, -0.1) is 11.3 Å². The number of hydrogen-bond donors (Lipinski definition) is 0. The molecular weight excluding hydrogens is 381 g/mol. The van der Waals surface area contributed by atoms with Gasteiger partial charge in [-0.25, -0.2) is 14.4 Å². The van der Waals surface area contributed by atoms with Crippen LogP contribution in [-0.4, -0.2) is 21.4 Å². The summed E-state index contributed by atoms with van der Waals surface area (Å²) in [7, 11) is 0. The molecule has 0 aliphatic carbocycles. The molecule has 1 aliphatic heterocycles. The molecule has 3 nitrogen and oxygen atoms in total. The lowest BCUT2D eigenvalue weighted by molar-refractivity contribution is 0.245. The van der Waals surface area contributed by atoms with E-state index in [-0.39, 0.29) is 5.82 Å². The lowest BCUT2D eigenvalue weighted by Gasteiger charge is -2.27. The number of rotatable bonds is 4. The van der Waals surface area contributed by atoms with E-state index >= 15 is 0 Å². The van der Waals surface area contributed by atoms with Gasteiger partial charge in [-0.1, -0.05) is 42.5 Å². The molecule has 0 bridgehead atoms. The maximum atomic E-state index is 13.1. The monoisotopic (exact) mass is 401 g/mol. The number of benzene rings is 2. The Morgan fingerprint density at radius 3 is 2.59 bits per heavy atom. The molecule has 144 valence electrons. The lowest BCUT2D eigenvalue weighted by atomic mass is 10.1. The molecule has 29 heavy (non-hydrogen) atoms. The molecule has 0 unspecified atom stereocenters. The van der Waals surface area contributed by atoms with E-state index in [0.29, 0.717) is 0 Å². The summed E-state index contributed by atoms with van der Waals surface area (Å²) in [5, 5.41) is 0. The molecule has 1 aliphatic rings. The second kappa shape index (κ2) is 7.85. The van der Waals surface area contributed by atoms with Crippen molar-refractivity contribution in [1.29, 1.82) is 0 Å². The molecule has 5 rings (SSSR count). The Hall–Kier alpha value is -2.89. The van der Waals surface area contributed by atoms with Gasteiger partial charge in [-0.2, -0.15) is 0 Å². The van der Waals surface area contributed by atoms with Gasteiger partial charge < -0.3 is 0 Å². The van der Waals surface area contributed by atoms with E-state index in [2.05, 4.69) is 22.0 Å². The van der Waals surface area contributed by atoms with Crippen LogP contribution in [0.4, 0.5) is 4.39 Å². The predicted molar refractivity (Wildman–Crippen MR) is 115 cm³/mol. The highest BCUT2D eigenvalue weighted by atomic mass is 32.1. The van der Waals surface area contributed by atoms with Gasteiger partial charge in [0.2, 0.25) is 0 Å². The van der Waals surface area contributed by atoms with Crippen LogP contribution in [0.2, 0.25) is 0 Å². The third kappa shape index (κ3) is 3.97. The zero-order chi connectivity index (χ0) is 19.6. The number of aromatic nitrogens is 2. The molecule has 0 fully saturated rings. The van der Waals surface area contributed by atoms with Crippen LogP contribution in [0.15, 0.2) is 72.9 Å². The Labute approximate surface area is 173 Å². The molecule has 0 saturated heterocycles. The standard InChI is InChI=1S/C24H20FN3S/c25-20-8-6-17(7-9-20)23-11-10-21(29-23)16-28-13-12-22-19(15-28)14-26-24(27-22)18-4-2-1-3-5-18/h1-11,14H,12-13,15-16H2. The Bertz CT molecular complexity index is 1120. The number of nitrogens with zero attached hydrogens (tertiary/aromatic N) is 3. The first-order chi connectivity index (χ1) is 14.2. The minimum atomic E-state index is -0.199. The van der Waals surface area contributed by atoms with Crippen molar-refractivity contribution in [3.63, 3.8) is 0 Å². The highest BCUT2D eigenvalue weighted by molar-refractivity contribution is 7.15. The van der Waals surface area contributed by atoms with E-state index in [0.717, 1.165) is 48.7 Å². The van der Waals surface area contributed by atoms with Gasteiger partial charge in [-0.3, -0.25) is 4.90 Å². The predicted octanol–water partition coefficient (Wildman–Crippen LogP) is 5.57. The topological polar surface area (TPSA) is 29.0 Å². The Morgan fingerprint density at radius 1 is 0.931 bits per heavy atom. The highest BCUT2D eigenvalue weighted by Gasteiger charge is 2.19. The summed E-state index contributed by atoms with van der Waals surface area (Å²) in [5.41, 5.74) is 4.50. The van der Waals surface area contributed by atoms with E-state index in [1.165, 1.54) is 27.5 Å². The maximum Gasteiger partial charge on any atom is 0.159 e. The van der Waals surface area contributed by atoms with Crippen molar-refractivity contribution in [2.75, 3.05) is 6.54 Å². The number of hydrogen-bond acceptors (Lipinski definition) is 4. The summed E-state index contributed by atoms with van der Waals surface area (Å²) < 4.78 is 13.1. The molecule has 2 aromatic heterocycles. The van der Waals surface area contributed by atoms with E-state index in [1.807, 2.05) is 48.7 Å². The van der Waals surface area contributed by atoms with Crippen molar-refractivity contribution in [3.05, 3.63) is 94.9 Å². The van der Waals surface area contributed by atoms with Gasteiger partial charge in [0.05, 0.1) is 5.69 Å². The van der Waals surface area contributed by atoms with Crippen LogP contribution in [-0.2, 0) is 19.5 Å². The summed E-state index contributed by atoms with van der Waals surface area (Å²) in [5.74, 6) is 0.607. The molecule has 0 radical (unpaired) electrons. The summed E-state index contributed by atoms with van der Waals surface area (Å²) in [6.07, 6.45) is 2.92. The average molecular weight is 402 g/mol. The van der Waals surface area contributed by atoms with Gasteiger partial charge >= 0.3 is 0 Å². The number of halogens is 1. The second-order valence-corrected chi connectivity index (χ2v) is 8.43. The van der Waals surface area contributed by atoms with E-state index in [9.17, 15) is 4.39 Å². The highest BCUT2D eigenvalue weighted by Crippen LogP contribution is 2.30. The normalized spacial score (nSPS) is 14.0. The first-order valence-corrected chi connectivity index (χ1v) is 10.5. The van der Waals surface area contributed by atoms with Crippen molar-refractivity contribution in [3.8, 4) is 21.8 Å². The van der Waals surface area contributed by atoms with Crippen molar-refractivity contribution < 1.29 is 4.39 Å². The van der Waals surface area contributed by atoms with Crippen molar-refractivity contribution in [2.45, 2.75) is 19.5 Å². The summed E-state index contributed by atoms with van der Waals surface area (Å²) in [4.78, 5) is 14.3. The molecular formula is C24H20FN3S. The summed E-state index contributed by atoms with van der Waals surface area (Å²) >= 11 is 1.77. The van der Waals surface area contributed by atoms with Crippen LogP contribution in [0.1, 0.15) is 16.1 Å². The molecule has 3 heterocycles. The van der Waals surface area contributed by atoms with Gasteiger partial charge in [-0.05, 0) is 29.8 Å². The van der Waals surface area contributed by atoms with Crippen LogP contribution in [0, 0.1) is 5.82 Å². The molecule has 0 saturated carbocycles. The van der Waals surface area contributed by atoms with Crippen LogP contribution in [0.3, 0.4) is 0 Å². The molecule has 0 amide bonds. The third-order valence-electron chi connectivity index (χ3n) is 5.21. The van der Waals surface area contributed by atoms with E-state index in [1.54, 1.807) is 11.3 Å². The quantitative estimate of drug-likeness (QED) is 0.448. The zero-order valence-corrected chi connectivity index (χ0v) is 16.7. The maximum absolute atomic E-state index is 13.1. The van der Waals surface area contributed by atoms with Crippen LogP contribution >= 0.6 is 11.3 Å². The van der Waals surface area contributed by atoms with Crippen molar-refractivity contribution in [1.82, 2.24) is 14.9 Å². The fraction of sp³-hybridized carbons (Fsp3) is 0.167. The largest absolute Gasteiger partial charge is 0.293 e. The molecule has 0 atom stereocenters. The molecule has 5 heteroatoms. The van der Waals surface area contributed by atoms with Gasteiger partial charge in [0.15, 0.2) is 5.82 Å². The van der Waals surface area contributed by atoms with E-state index < -0.39 is 0 Å². The Kier molecular flexibility index (Phi) is 4.92. The first-order valence-electron chi connectivity index (χ1n) is 9.72. The van der Waals surface area contributed by atoms with E-state index in [4.69, 9.17) is 4.98 Å². The second-order valence-electron chi connectivity index (χ2n) is 7.27. The number of thiophene rings is 1. The van der Waals surface area contributed by atoms with Gasteiger partial charge in [0, 0.05) is 53.1 Å². The van der Waals surface area contributed by atoms with Gasteiger partial charge in [0.1, 0.15) is 5.82 Å². The van der Waals surface area contributed by atoms with Gasteiger partial charge in [0.25, 0.3) is 0 Å². The smallest absolute Gasteiger partial charge is 0.159 e. The molecule has 2 aromatic carbocycles. The molecule has 4 aromatic rings. The zero-order valence-electron chi connectivity index (χ0n) is 15.9. The van der Waals surface area contributed by atoms with Crippen LogP contribution in [0.5, 0.6) is 0 Å². The molecule has 0 N–H and O–H groups in total. The summed E-state index contributed by atoms with van der Waals surface area (Å²) in [6, 6.07) is 21.1.